The van der Waals surface area contributed by atoms with Gasteiger partial charge in [-0.25, -0.2) is 4.39 Å². The van der Waals surface area contributed by atoms with Crippen molar-refractivity contribution in [3.8, 4) is 5.75 Å². The van der Waals surface area contributed by atoms with Crippen LogP contribution in [0.2, 0.25) is 0 Å². The lowest BCUT2D eigenvalue weighted by Crippen LogP contribution is -2.62. The van der Waals surface area contributed by atoms with Crippen LogP contribution in [0.4, 0.5) is 4.39 Å². The van der Waals surface area contributed by atoms with Gasteiger partial charge >= 0.3 is 0 Å². The third kappa shape index (κ3) is 21.6. The number of hydrogen-bond donors (Lipinski definition) is 7. The van der Waals surface area contributed by atoms with E-state index in [0.29, 0.717) is 31.5 Å². The number of nitrogens with zero attached hydrogens (tertiary/aromatic N) is 7. The van der Waals surface area contributed by atoms with E-state index in [2.05, 4.69) is 26.6 Å². The number of amides is 12. The lowest BCUT2D eigenvalue weighted by Gasteiger charge is -2.38. The van der Waals surface area contributed by atoms with Crippen molar-refractivity contribution in [3.63, 3.8) is 0 Å². The van der Waals surface area contributed by atoms with Gasteiger partial charge in [0, 0.05) is 68.2 Å². The standard InChI is InChI=1S/C69H107FN12O14/c1-38(2)31-49-65(92)80(17)53(36-46-25-21-19-22-26-46)61(88)72-50(35-47-27-28-55(84)48(70)34-47)66(93)81(18)54(33-40(5)6)68(95)77(14)43(10)63(90)76(13)42(9)59(86)75-58(45(12)83)62(89)73-51(67(94)82-29-23-20-24-30-82)37-56(85)74-57(41(7)8)69(96)78(15)44(11)64(91)79(16)52(32-39(3)4)60(87)71-49/h19,21-22,25-28,34,38-45,49-54,57-58,83-84H,20,23-24,29-33,35-37H2,1-18H3,(H,71,87)(H,72,88)(H,73,89)(H,74,85)(H,75,86)/t42-,43-,44-,45+,49-,50-,51-,52-,53-,54-,57+,58-/m0/s1. The number of carbonyl (C=O) groups excluding carboxylic acids is 12. The second kappa shape index (κ2) is 36.2. The van der Waals surface area contributed by atoms with Crippen molar-refractivity contribution in [2.24, 2.45) is 23.7 Å². The first-order valence-corrected chi connectivity index (χ1v) is 33.4. The summed E-state index contributed by atoms with van der Waals surface area (Å²) in [4.78, 5) is 185. The maximum atomic E-state index is 15.3. The van der Waals surface area contributed by atoms with Crippen LogP contribution >= 0.6 is 0 Å². The van der Waals surface area contributed by atoms with Crippen molar-refractivity contribution in [1.82, 2.24) is 60.9 Å². The van der Waals surface area contributed by atoms with Gasteiger partial charge in [0.15, 0.2) is 11.6 Å². The summed E-state index contributed by atoms with van der Waals surface area (Å²) in [7, 11) is 8.08. The Kier molecular flexibility index (Phi) is 30.3. The average molecular weight is 1350 g/mol. The molecule has 2 fully saturated rings. The van der Waals surface area contributed by atoms with Gasteiger partial charge in [-0.2, -0.15) is 0 Å². The van der Waals surface area contributed by atoms with E-state index in [1.807, 2.05) is 27.7 Å². The summed E-state index contributed by atoms with van der Waals surface area (Å²) in [5.74, 6) is -12.6. The lowest BCUT2D eigenvalue weighted by molar-refractivity contribution is -0.152. The van der Waals surface area contributed by atoms with Crippen molar-refractivity contribution in [2.45, 2.75) is 213 Å². The van der Waals surface area contributed by atoms with E-state index in [1.54, 1.807) is 58.0 Å². The molecule has 2 aliphatic rings. The number of aliphatic hydroxyl groups excluding tert-OH is 1. The summed E-state index contributed by atoms with van der Waals surface area (Å²) in [6, 6.07) is -3.41. The zero-order valence-corrected chi connectivity index (χ0v) is 59.4. The number of hydrogen-bond acceptors (Lipinski definition) is 14. The molecule has 27 heteroatoms. The van der Waals surface area contributed by atoms with Crippen LogP contribution in [0.3, 0.4) is 0 Å². The van der Waals surface area contributed by atoms with Crippen LogP contribution in [0.25, 0.3) is 0 Å². The fourth-order valence-electron chi connectivity index (χ4n) is 11.8. The number of carbonyl (C=O) groups is 12. The van der Waals surface area contributed by atoms with E-state index in [4.69, 9.17) is 0 Å². The predicted octanol–water partition coefficient (Wildman–Crippen LogP) is 2.35. The van der Waals surface area contributed by atoms with Gasteiger partial charge in [-0.3, -0.25) is 57.5 Å². The van der Waals surface area contributed by atoms with Gasteiger partial charge in [0.2, 0.25) is 70.9 Å². The number of phenolic OH excluding ortho intramolecular Hbond substituents is 1. The molecule has 2 aromatic carbocycles. The number of aromatic hydroxyl groups is 1. The zero-order valence-electron chi connectivity index (χ0n) is 59.4. The monoisotopic (exact) mass is 1350 g/mol. The van der Waals surface area contributed by atoms with E-state index in [0.717, 1.165) is 38.2 Å². The largest absolute Gasteiger partial charge is 0.505 e. The number of nitrogens with one attached hydrogen (secondary N) is 5. The minimum atomic E-state index is -1.76. The number of likely N-dealkylation sites (tertiary alicyclic amines) is 1. The molecule has 0 saturated carbocycles. The number of phenols is 1. The molecule has 2 saturated heterocycles. The summed E-state index contributed by atoms with van der Waals surface area (Å²) < 4.78 is 15.1. The van der Waals surface area contributed by atoms with Crippen molar-refractivity contribution in [2.75, 3.05) is 55.4 Å². The minimum absolute atomic E-state index is 0.0143. The molecule has 0 bridgehead atoms. The zero-order chi connectivity index (χ0) is 72.5. The van der Waals surface area contributed by atoms with Gasteiger partial charge in [0.1, 0.15) is 66.5 Å². The molecule has 2 aliphatic heterocycles. The second-order valence-electron chi connectivity index (χ2n) is 27.6. The highest BCUT2D eigenvalue weighted by Crippen LogP contribution is 2.24. The predicted molar refractivity (Wildman–Crippen MR) is 358 cm³/mol. The summed E-state index contributed by atoms with van der Waals surface area (Å²) in [6.45, 7) is 20.2. The molecule has 0 aliphatic carbocycles. The molecule has 96 heavy (non-hydrogen) atoms. The van der Waals surface area contributed by atoms with Gasteiger partial charge < -0.3 is 71.1 Å². The van der Waals surface area contributed by atoms with Crippen LogP contribution < -0.4 is 26.6 Å². The molecular weight excluding hydrogens is 1240 g/mol. The highest BCUT2D eigenvalue weighted by atomic mass is 19.1. The van der Waals surface area contributed by atoms with Crippen molar-refractivity contribution >= 4 is 70.9 Å². The first kappa shape index (κ1) is 80.2. The molecule has 0 radical (unpaired) electrons. The van der Waals surface area contributed by atoms with E-state index >= 15 is 18.8 Å². The fraction of sp³-hybridized carbons (Fsp3) is 0.652. The SMILES string of the molecule is CC(C)C[C@@H]1NC(=O)[C@H](CC(C)C)N(C)C(=O)[C@H](C)N(C)C(=O)[C@@H](C(C)C)NC(=O)C[C@@H](C(=O)N2CCCCC2)NC(=O)[C@H]([C@@H](C)O)NC(=O)[C@H](C)N(C)C(=O)[C@H](C)N(C)C(=O)[C@H](CC(C)C)N(C)C(=O)[C@H](Cc2ccc(O)c(F)c2)NC(=O)[C@H](Cc2ccccc2)N(C)C1=O. The normalized spacial score (nSPS) is 26.3. The molecule has 0 aromatic heterocycles. The van der Waals surface area contributed by atoms with Gasteiger partial charge in [-0.05, 0) is 113 Å². The molecule has 26 nitrogen and oxygen atoms in total. The summed E-state index contributed by atoms with van der Waals surface area (Å²) in [6.07, 6.45) is -0.604. The van der Waals surface area contributed by atoms with Crippen LogP contribution in [-0.4, -0.2) is 243 Å². The molecule has 4 rings (SSSR count). The fourth-order valence-corrected chi connectivity index (χ4v) is 11.8. The molecule has 0 spiro atoms. The van der Waals surface area contributed by atoms with Crippen molar-refractivity contribution < 1.29 is 72.1 Å². The number of rotatable bonds is 13. The van der Waals surface area contributed by atoms with E-state index in [-0.39, 0.29) is 49.0 Å². The number of likely N-dealkylation sites (N-methyl/N-ethyl adjacent to an activating group) is 6. The summed E-state index contributed by atoms with van der Waals surface area (Å²) in [5.41, 5.74) is 0.736. The Morgan fingerprint density at radius 1 is 0.490 bits per heavy atom. The molecule has 2 heterocycles. The Balaban J connectivity index is 1.94. The van der Waals surface area contributed by atoms with Crippen LogP contribution in [-0.2, 0) is 70.4 Å². The maximum Gasteiger partial charge on any atom is 0.245 e. The Bertz CT molecular complexity index is 3070. The first-order valence-electron chi connectivity index (χ1n) is 33.4. The molecule has 7 N–H and O–H groups in total. The lowest BCUT2D eigenvalue weighted by atomic mass is 9.97. The first-order chi connectivity index (χ1) is 44.8. The van der Waals surface area contributed by atoms with Crippen molar-refractivity contribution in [1.29, 1.82) is 0 Å². The van der Waals surface area contributed by atoms with Gasteiger partial charge in [-0.1, -0.05) is 91.8 Å². The summed E-state index contributed by atoms with van der Waals surface area (Å²) in [5, 5.41) is 34.7. The number of benzene rings is 2. The number of halogens is 1. The highest BCUT2D eigenvalue weighted by Gasteiger charge is 2.43. The van der Waals surface area contributed by atoms with Crippen LogP contribution in [0.1, 0.15) is 139 Å². The molecular formula is C69H107FN12O14. The van der Waals surface area contributed by atoms with Crippen LogP contribution in [0, 0.1) is 29.5 Å². The maximum absolute atomic E-state index is 15.3. The van der Waals surface area contributed by atoms with Gasteiger partial charge in [0.25, 0.3) is 0 Å². The number of piperidine rings is 1. The van der Waals surface area contributed by atoms with E-state index < -0.39 is 174 Å². The minimum Gasteiger partial charge on any atom is -0.505 e. The number of aliphatic hydroxyl groups is 1. The third-order valence-corrected chi connectivity index (χ3v) is 18.2. The van der Waals surface area contributed by atoms with Crippen LogP contribution in [0.15, 0.2) is 48.5 Å². The summed E-state index contributed by atoms with van der Waals surface area (Å²) >= 11 is 0. The average Bonchev–Trinajstić information content (AvgIpc) is 0.829. The molecule has 2 aromatic rings. The molecule has 0 unspecified atom stereocenters. The van der Waals surface area contributed by atoms with Gasteiger partial charge in [0.05, 0.1) is 12.5 Å². The quantitative estimate of drug-likeness (QED) is 0.152. The third-order valence-electron chi connectivity index (χ3n) is 18.2. The molecule has 534 valence electrons. The Morgan fingerprint density at radius 2 is 0.979 bits per heavy atom. The Morgan fingerprint density at radius 3 is 1.52 bits per heavy atom. The van der Waals surface area contributed by atoms with Crippen LogP contribution in [0.5, 0.6) is 5.75 Å². The molecule has 12 amide bonds. The van der Waals surface area contributed by atoms with Gasteiger partial charge in [-0.15, -0.1) is 0 Å². The smallest absolute Gasteiger partial charge is 0.245 e. The Hall–Kier alpha value is -8.23. The highest BCUT2D eigenvalue weighted by molar-refractivity contribution is 6.00. The Labute approximate surface area is 565 Å². The topological polar surface area (TPSA) is 328 Å². The van der Waals surface area contributed by atoms with E-state index in [9.17, 15) is 53.4 Å². The second-order valence-corrected chi connectivity index (χ2v) is 27.6. The van der Waals surface area contributed by atoms with E-state index in [1.165, 1.54) is 90.7 Å². The van der Waals surface area contributed by atoms with Crippen molar-refractivity contribution in [3.05, 3.63) is 65.5 Å². The molecule has 12 atom stereocenters.